The second-order valence-corrected chi connectivity index (χ2v) is 6.85. The van der Waals surface area contributed by atoms with Crippen LogP contribution in [-0.2, 0) is 27.9 Å². The molecule has 1 heterocycles. The third-order valence-electron chi connectivity index (χ3n) is 4.92. The van der Waals surface area contributed by atoms with E-state index in [1.54, 1.807) is 6.07 Å². The molecule has 1 aliphatic heterocycles. The average Bonchev–Trinajstić information content (AvgIpc) is 2.66. The predicted octanol–water partition coefficient (Wildman–Crippen LogP) is 5.33. The van der Waals surface area contributed by atoms with E-state index in [-0.39, 0.29) is 18.5 Å². The molecule has 0 bridgehead atoms. The van der Waals surface area contributed by atoms with Crippen molar-refractivity contribution in [1.82, 2.24) is 0 Å². The quantitative estimate of drug-likeness (QED) is 0.702. The van der Waals surface area contributed by atoms with Crippen molar-refractivity contribution in [1.29, 1.82) is 0 Å². The van der Waals surface area contributed by atoms with Gasteiger partial charge in [-0.3, -0.25) is 0 Å². The summed E-state index contributed by atoms with van der Waals surface area (Å²) in [5.41, 5.74) is -0.196. The van der Waals surface area contributed by atoms with Gasteiger partial charge in [-0.15, -0.1) is 0 Å². The largest absolute Gasteiger partial charge is 0.489 e. The number of hydrogen-bond acceptors (Lipinski definition) is 3. The van der Waals surface area contributed by atoms with Crippen LogP contribution in [0.2, 0.25) is 0 Å². The SMILES string of the molecule is COC1(c2cc(OCc3ccccc3)cc(C(F)(F)F)c2)CCOC(C)C1. The molecule has 0 amide bonds. The molecule has 27 heavy (non-hydrogen) atoms. The van der Waals surface area contributed by atoms with Crippen molar-refractivity contribution in [3.05, 3.63) is 65.2 Å². The monoisotopic (exact) mass is 380 g/mol. The minimum atomic E-state index is -4.47. The van der Waals surface area contributed by atoms with Gasteiger partial charge in [0.2, 0.25) is 0 Å². The fourth-order valence-electron chi connectivity index (χ4n) is 3.47. The summed E-state index contributed by atoms with van der Waals surface area (Å²) in [6.45, 7) is 2.53. The van der Waals surface area contributed by atoms with Crippen LogP contribution >= 0.6 is 0 Å². The number of alkyl halides is 3. The third-order valence-corrected chi connectivity index (χ3v) is 4.92. The van der Waals surface area contributed by atoms with Crippen LogP contribution in [0.25, 0.3) is 0 Å². The van der Waals surface area contributed by atoms with Gasteiger partial charge < -0.3 is 14.2 Å². The number of benzene rings is 2. The van der Waals surface area contributed by atoms with E-state index >= 15 is 0 Å². The van der Waals surface area contributed by atoms with E-state index in [0.717, 1.165) is 17.7 Å². The summed E-state index contributed by atoms with van der Waals surface area (Å²) in [6.07, 6.45) is -3.58. The lowest BCUT2D eigenvalue weighted by Crippen LogP contribution is -2.39. The summed E-state index contributed by atoms with van der Waals surface area (Å²) in [4.78, 5) is 0. The van der Waals surface area contributed by atoms with E-state index in [1.807, 2.05) is 37.3 Å². The predicted molar refractivity (Wildman–Crippen MR) is 95.6 cm³/mol. The summed E-state index contributed by atoms with van der Waals surface area (Å²) in [5, 5.41) is 0. The number of rotatable bonds is 5. The average molecular weight is 380 g/mol. The van der Waals surface area contributed by atoms with Crippen molar-refractivity contribution in [3.8, 4) is 5.75 Å². The Balaban J connectivity index is 1.95. The third kappa shape index (κ3) is 4.62. The first-order chi connectivity index (χ1) is 12.8. The van der Waals surface area contributed by atoms with Crippen LogP contribution in [0.3, 0.4) is 0 Å². The minimum absolute atomic E-state index is 0.0954. The zero-order chi connectivity index (χ0) is 19.5. The fourth-order valence-corrected chi connectivity index (χ4v) is 3.47. The minimum Gasteiger partial charge on any atom is -0.489 e. The van der Waals surface area contributed by atoms with Gasteiger partial charge in [0.1, 0.15) is 12.4 Å². The van der Waals surface area contributed by atoms with Gasteiger partial charge in [-0.1, -0.05) is 30.3 Å². The molecule has 0 aliphatic carbocycles. The lowest BCUT2D eigenvalue weighted by molar-refractivity contribution is -0.138. The standard InChI is InChI=1S/C21H23F3O3/c1-15-13-20(25-2,8-9-26-15)17-10-18(21(22,23)24)12-19(11-17)27-14-16-6-4-3-5-7-16/h3-7,10-12,15H,8-9,13-14H2,1-2H3. The van der Waals surface area contributed by atoms with Gasteiger partial charge in [0, 0.05) is 20.0 Å². The van der Waals surface area contributed by atoms with Gasteiger partial charge in [-0.25, -0.2) is 0 Å². The van der Waals surface area contributed by atoms with Crippen LogP contribution < -0.4 is 4.74 Å². The summed E-state index contributed by atoms with van der Waals surface area (Å²) < 4.78 is 57.4. The maximum absolute atomic E-state index is 13.5. The van der Waals surface area contributed by atoms with E-state index in [4.69, 9.17) is 14.2 Å². The van der Waals surface area contributed by atoms with Crippen LogP contribution in [0.4, 0.5) is 13.2 Å². The molecule has 3 nitrogen and oxygen atoms in total. The van der Waals surface area contributed by atoms with Crippen molar-refractivity contribution >= 4 is 0 Å². The maximum atomic E-state index is 13.5. The molecule has 2 aromatic rings. The molecular weight excluding hydrogens is 357 g/mol. The molecule has 3 rings (SSSR count). The Morgan fingerprint density at radius 3 is 2.52 bits per heavy atom. The molecule has 1 saturated heterocycles. The van der Waals surface area contributed by atoms with Crippen molar-refractivity contribution in [2.75, 3.05) is 13.7 Å². The molecule has 0 saturated carbocycles. The van der Waals surface area contributed by atoms with E-state index in [0.29, 0.717) is 25.0 Å². The lowest BCUT2D eigenvalue weighted by Gasteiger charge is -2.39. The zero-order valence-corrected chi connectivity index (χ0v) is 15.4. The topological polar surface area (TPSA) is 27.7 Å². The van der Waals surface area contributed by atoms with Crippen LogP contribution in [0, 0.1) is 0 Å². The lowest BCUT2D eigenvalue weighted by atomic mass is 9.83. The molecule has 2 aromatic carbocycles. The highest BCUT2D eigenvalue weighted by Crippen LogP contribution is 2.42. The van der Waals surface area contributed by atoms with Crippen molar-refractivity contribution < 1.29 is 27.4 Å². The number of halogens is 3. The number of hydrogen-bond donors (Lipinski definition) is 0. The van der Waals surface area contributed by atoms with Crippen molar-refractivity contribution in [3.63, 3.8) is 0 Å². The second kappa shape index (κ2) is 7.90. The van der Waals surface area contributed by atoms with Gasteiger partial charge in [0.25, 0.3) is 0 Å². The molecule has 6 heteroatoms. The van der Waals surface area contributed by atoms with Crippen molar-refractivity contribution in [2.24, 2.45) is 0 Å². The highest BCUT2D eigenvalue weighted by molar-refractivity contribution is 5.39. The molecule has 1 aliphatic rings. The van der Waals surface area contributed by atoms with Crippen LogP contribution in [-0.4, -0.2) is 19.8 Å². The Hall–Kier alpha value is -2.05. The smallest absolute Gasteiger partial charge is 0.416 e. The first-order valence-corrected chi connectivity index (χ1v) is 8.89. The number of ether oxygens (including phenoxy) is 3. The van der Waals surface area contributed by atoms with Gasteiger partial charge in [-0.05, 0) is 36.2 Å². The Bertz CT molecular complexity index is 761. The molecular formula is C21H23F3O3. The summed E-state index contributed by atoms with van der Waals surface area (Å²) in [7, 11) is 1.53. The summed E-state index contributed by atoms with van der Waals surface area (Å²) >= 11 is 0. The highest BCUT2D eigenvalue weighted by atomic mass is 19.4. The second-order valence-electron chi connectivity index (χ2n) is 6.85. The van der Waals surface area contributed by atoms with E-state index < -0.39 is 17.3 Å². The maximum Gasteiger partial charge on any atom is 0.416 e. The summed E-state index contributed by atoms with van der Waals surface area (Å²) in [6, 6.07) is 13.2. The zero-order valence-electron chi connectivity index (χ0n) is 15.4. The van der Waals surface area contributed by atoms with Crippen LogP contribution in [0.5, 0.6) is 5.75 Å². The van der Waals surface area contributed by atoms with Gasteiger partial charge in [0.15, 0.2) is 0 Å². The highest BCUT2D eigenvalue weighted by Gasteiger charge is 2.40. The van der Waals surface area contributed by atoms with Gasteiger partial charge in [0.05, 0.1) is 23.9 Å². The Morgan fingerprint density at radius 1 is 1.15 bits per heavy atom. The molecule has 1 fully saturated rings. The van der Waals surface area contributed by atoms with Gasteiger partial charge >= 0.3 is 6.18 Å². The fraction of sp³-hybridized carbons (Fsp3) is 0.429. The number of methoxy groups -OCH3 is 1. The Labute approximate surface area is 157 Å². The van der Waals surface area contributed by atoms with Crippen molar-refractivity contribution in [2.45, 2.75) is 44.3 Å². The van der Waals surface area contributed by atoms with E-state index in [1.165, 1.54) is 7.11 Å². The molecule has 0 spiro atoms. The molecule has 0 radical (unpaired) electrons. The first kappa shape index (κ1) is 19.7. The van der Waals surface area contributed by atoms with E-state index in [2.05, 4.69) is 0 Å². The summed E-state index contributed by atoms with van der Waals surface area (Å²) in [5.74, 6) is 0.180. The molecule has 0 N–H and O–H groups in total. The Morgan fingerprint density at radius 2 is 1.89 bits per heavy atom. The molecule has 146 valence electrons. The first-order valence-electron chi connectivity index (χ1n) is 8.89. The normalized spacial score (nSPS) is 23.2. The van der Waals surface area contributed by atoms with Gasteiger partial charge in [-0.2, -0.15) is 13.2 Å². The molecule has 0 aromatic heterocycles. The van der Waals surface area contributed by atoms with Crippen LogP contribution in [0.1, 0.15) is 36.5 Å². The molecule has 2 atom stereocenters. The van der Waals surface area contributed by atoms with Crippen LogP contribution in [0.15, 0.2) is 48.5 Å². The van der Waals surface area contributed by atoms with E-state index in [9.17, 15) is 13.2 Å². The Kier molecular flexibility index (Phi) is 5.77. The molecule has 2 unspecified atom stereocenters.